The molecule has 1 aromatic carbocycles. The molecular weight excluding hydrogens is 316 g/mol. The Labute approximate surface area is 148 Å². The first-order chi connectivity index (χ1) is 12.2. The number of hydrogen-bond donors (Lipinski definition) is 3. The van der Waals surface area contributed by atoms with Crippen LogP contribution < -0.4 is 16.0 Å². The molecule has 3 N–H and O–H groups in total. The third-order valence-corrected chi connectivity index (χ3v) is 3.53. The molecule has 0 aliphatic carbocycles. The van der Waals surface area contributed by atoms with Crippen LogP contribution in [0.25, 0.3) is 0 Å². The predicted molar refractivity (Wildman–Crippen MR) is 101 cm³/mol. The highest BCUT2D eigenvalue weighted by atomic mass is 16.3. The molecule has 0 fully saturated rings. The van der Waals surface area contributed by atoms with E-state index in [0.29, 0.717) is 6.54 Å². The summed E-state index contributed by atoms with van der Waals surface area (Å²) in [5.74, 6) is 1.69. The van der Waals surface area contributed by atoms with Crippen molar-refractivity contribution in [3.63, 3.8) is 0 Å². The molecule has 0 atom stereocenters. The average Bonchev–Trinajstić information content (AvgIpc) is 3.09. The minimum absolute atomic E-state index is 0.0598. The second-order valence-electron chi connectivity index (χ2n) is 5.64. The predicted octanol–water partition coefficient (Wildman–Crippen LogP) is 2.58. The van der Waals surface area contributed by atoms with Crippen molar-refractivity contribution in [3.05, 3.63) is 54.0 Å². The lowest BCUT2D eigenvalue weighted by molar-refractivity contribution is -0.114. The fourth-order valence-electron chi connectivity index (χ4n) is 2.36. The van der Waals surface area contributed by atoms with Gasteiger partial charge in [0.15, 0.2) is 5.96 Å². The number of anilines is 1. The van der Waals surface area contributed by atoms with Crippen LogP contribution in [0.2, 0.25) is 0 Å². The van der Waals surface area contributed by atoms with Crippen molar-refractivity contribution < 1.29 is 9.21 Å². The molecular formula is C19H26N4O2. The van der Waals surface area contributed by atoms with Gasteiger partial charge < -0.3 is 20.4 Å². The Morgan fingerprint density at radius 3 is 2.56 bits per heavy atom. The van der Waals surface area contributed by atoms with Gasteiger partial charge in [-0.1, -0.05) is 12.1 Å². The lowest BCUT2D eigenvalue weighted by atomic mass is 10.1. The molecule has 0 radical (unpaired) electrons. The van der Waals surface area contributed by atoms with Crippen molar-refractivity contribution in [1.29, 1.82) is 0 Å². The number of guanidine groups is 1. The number of amides is 1. The highest BCUT2D eigenvalue weighted by molar-refractivity contribution is 5.88. The summed E-state index contributed by atoms with van der Waals surface area (Å²) < 4.78 is 5.31. The first kappa shape index (κ1) is 18.6. The van der Waals surface area contributed by atoms with Gasteiger partial charge in [0, 0.05) is 38.7 Å². The van der Waals surface area contributed by atoms with Crippen molar-refractivity contribution >= 4 is 17.6 Å². The fraction of sp³-hybridized carbons (Fsp3) is 0.368. The fourth-order valence-corrected chi connectivity index (χ4v) is 2.36. The smallest absolute Gasteiger partial charge is 0.221 e. The summed E-state index contributed by atoms with van der Waals surface area (Å²) in [4.78, 5) is 15.6. The summed E-state index contributed by atoms with van der Waals surface area (Å²) in [6.45, 7) is 5.83. The number of hydrogen-bond acceptors (Lipinski definition) is 3. The Morgan fingerprint density at radius 2 is 1.92 bits per heavy atom. The van der Waals surface area contributed by atoms with Crippen molar-refractivity contribution in [1.82, 2.24) is 10.6 Å². The maximum absolute atomic E-state index is 11.0. The standard InChI is InChI=1S/C19H26N4O2/c1-3-20-19(22-13-11-18-5-4-14-25-18)21-12-10-16-6-8-17(9-7-16)23-15(2)24/h4-9,14H,3,10-13H2,1-2H3,(H,23,24)(H2,20,21,22). The summed E-state index contributed by atoms with van der Waals surface area (Å²) in [6, 6.07) is 11.7. The maximum Gasteiger partial charge on any atom is 0.221 e. The van der Waals surface area contributed by atoms with Gasteiger partial charge in [-0.25, -0.2) is 0 Å². The quantitative estimate of drug-likeness (QED) is 0.509. The summed E-state index contributed by atoms with van der Waals surface area (Å²) in [7, 11) is 0. The van der Waals surface area contributed by atoms with E-state index in [1.54, 1.807) is 6.26 Å². The van der Waals surface area contributed by atoms with Crippen LogP contribution in [-0.2, 0) is 17.6 Å². The van der Waals surface area contributed by atoms with Crippen LogP contribution >= 0.6 is 0 Å². The van der Waals surface area contributed by atoms with Gasteiger partial charge in [0.05, 0.1) is 6.26 Å². The van der Waals surface area contributed by atoms with Crippen molar-refractivity contribution in [2.75, 3.05) is 25.0 Å². The summed E-state index contributed by atoms with van der Waals surface area (Å²) in [6.07, 6.45) is 3.34. The van der Waals surface area contributed by atoms with Crippen molar-refractivity contribution in [3.8, 4) is 0 Å². The zero-order valence-electron chi connectivity index (χ0n) is 14.8. The van der Waals surface area contributed by atoms with Crippen LogP contribution in [0, 0.1) is 0 Å². The van der Waals surface area contributed by atoms with E-state index in [1.807, 2.05) is 43.3 Å². The van der Waals surface area contributed by atoms with Gasteiger partial charge in [0.1, 0.15) is 5.76 Å². The summed E-state index contributed by atoms with van der Waals surface area (Å²) in [5.41, 5.74) is 2.02. The molecule has 25 heavy (non-hydrogen) atoms. The molecule has 0 bridgehead atoms. The first-order valence-corrected chi connectivity index (χ1v) is 8.58. The van der Waals surface area contributed by atoms with E-state index in [4.69, 9.17) is 4.42 Å². The SMILES string of the molecule is CCNC(=NCCc1ccco1)NCCc1ccc(NC(C)=O)cc1. The van der Waals surface area contributed by atoms with Crippen LogP contribution in [0.1, 0.15) is 25.2 Å². The van der Waals surface area contributed by atoms with Crippen molar-refractivity contribution in [2.45, 2.75) is 26.7 Å². The number of benzene rings is 1. The normalized spacial score (nSPS) is 11.2. The third-order valence-electron chi connectivity index (χ3n) is 3.53. The molecule has 1 heterocycles. The Balaban J connectivity index is 1.77. The van der Waals surface area contributed by atoms with E-state index in [1.165, 1.54) is 12.5 Å². The third kappa shape index (κ3) is 7.12. The molecule has 0 unspecified atom stereocenters. The molecule has 0 saturated carbocycles. The number of furan rings is 1. The van der Waals surface area contributed by atoms with E-state index >= 15 is 0 Å². The summed E-state index contributed by atoms with van der Waals surface area (Å²) in [5, 5.41) is 9.34. The van der Waals surface area contributed by atoms with Gasteiger partial charge in [-0.2, -0.15) is 0 Å². The van der Waals surface area contributed by atoms with Crippen LogP contribution in [0.4, 0.5) is 5.69 Å². The number of carbonyl (C=O) groups is 1. The van der Waals surface area contributed by atoms with Gasteiger partial charge >= 0.3 is 0 Å². The van der Waals surface area contributed by atoms with Crippen molar-refractivity contribution in [2.24, 2.45) is 4.99 Å². The number of aliphatic imine (C=N–C) groups is 1. The van der Waals surface area contributed by atoms with Crippen LogP contribution in [0.15, 0.2) is 52.1 Å². The minimum Gasteiger partial charge on any atom is -0.469 e. The monoisotopic (exact) mass is 342 g/mol. The zero-order valence-corrected chi connectivity index (χ0v) is 14.8. The molecule has 134 valence electrons. The van der Waals surface area contributed by atoms with E-state index in [-0.39, 0.29) is 5.91 Å². The number of nitrogens with one attached hydrogen (secondary N) is 3. The lowest BCUT2D eigenvalue weighted by Gasteiger charge is -2.11. The highest BCUT2D eigenvalue weighted by Gasteiger charge is 2.00. The molecule has 6 nitrogen and oxygen atoms in total. The number of carbonyl (C=O) groups excluding carboxylic acids is 1. The molecule has 1 aromatic heterocycles. The largest absolute Gasteiger partial charge is 0.469 e. The van der Waals surface area contributed by atoms with E-state index in [0.717, 1.165) is 43.3 Å². The van der Waals surface area contributed by atoms with Gasteiger partial charge in [0.2, 0.25) is 5.91 Å². The molecule has 0 saturated heterocycles. The molecule has 2 aromatic rings. The highest BCUT2D eigenvalue weighted by Crippen LogP contribution is 2.09. The Bertz CT molecular complexity index is 663. The molecule has 0 spiro atoms. The van der Waals surface area contributed by atoms with Gasteiger partial charge in [0.25, 0.3) is 0 Å². The number of nitrogens with zero attached hydrogens (tertiary/aromatic N) is 1. The lowest BCUT2D eigenvalue weighted by Crippen LogP contribution is -2.38. The Morgan fingerprint density at radius 1 is 1.12 bits per heavy atom. The van der Waals surface area contributed by atoms with Crippen LogP contribution in [0.3, 0.4) is 0 Å². The zero-order chi connectivity index (χ0) is 17.9. The second kappa shape index (κ2) is 10.2. The van der Waals surface area contributed by atoms with E-state index < -0.39 is 0 Å². The molecule has 0 aliphatic rings. The summed E-state index contributed by atoms with van der Waals surface area (Å²) >= 11 is 0. The maximum atomic E-state index is 11.0. The molecule has 6 heteroatoms. The Hall–Kier alpha value is -2.76. The van der Waals surface area contributed by atoms with Crippen LogP contribution in [-0.4, -0.2) is 31.5 Å². The second-order valence-corrected chi connectivity index (χ2v) is 5.64. The molecule has 2 rings (SSSR count). The Kier molecular flexibility index (Phi) is 7.56. The minimum atomic E-state index is -0.0598. The molecule has 1 amide bonds. The molecule has 0 aliphatic heterocycles. The van der Waals surface area contributed by atoms with E-state index in [9.17, 15) is 4.79 Å². The average molecular weight is 342 g/mol. The van der Waals surface area contributed by atoms with Gasteiger partial charge in [-0.05, 0) is 43.2 Å². The number of rotatable bonds is 8. The topological polar surface area (TPSA) is 78.7 Å². The van der Waals surface area contributed by atoms with Gasteiger partial charge in [-0.3, -0.25) is 9.79 Å². The van der Waals surface area contributed by atoms with Crippen LogP contribution in [0.5, 0.6) is 0 Å². The first-order valence-electron chi connectivity index (χ1n) is 8.58. The van der Waals surface area contributed by atoms with Gasteiger partial charge in [-0.15, -0.1) is 0 Å². The van der Waals surface area contributed by atoms with E-state index in [2.05, 4.69) is 20.9 Å².